The molecule has 3 aromatic carbocycles. The van der Waals surface area contributed by atoms with Gasteiger partial charge in [0.1, 0.15) is 17.2 Å². The second kappa shape index (κ2) is 7.16. The zero-order valence-electron chi connectivity index (χ0n) is 15.4. The summed E-state index contributed by atoms with van der Waals surface area (Å²) in [5.41, 5.74) is 2.77. The summed E-state index contributed by atoms with van der Waals surface area (Å²) in [5, 5.41) is 0. The van der Waals surface area contributed by atoms with Crippen LogP contribution in [0.1, 0.15) is 22.6 Å². The SMILES string of the molecule is COc1ccccc1CN(C)C(=O)C1c2ccccc2Oc2ccccc21. The third-order valence-corrected chi connectivity index (χ3v) is 4.90. The third kappa shape index (κ3) is 3.14. The first-order valence-electron chi connectivity index (χ1n) is 8.91. The highest BCUT2D eigenvalue weighted by atomic mass is 16.5. The van der Waals surface area contributed by atoms with Gasteiger partial charge in [0.05, 0.1) is 13.0 Å². The highest BCUT2D eigenvalue weighted by Crippen LogP contribution is 2.44. The van der Waals surface area contributed by atoms with Crippen molar-refractivity contribution in [2.45, 2.75) is 12.5 Å². The Balaban J connectivity index is 1.69. The molecule has 3 aromatic rings. The van der Waals surface area contributed by atoms with Gasteiger partial charge in [-0.2, -0.15) is 0 Å². The quantitative estimate of drug-likeness (QED) is 0.684. The summed E-state index contributed by atoms with van der Waals surface area (Å²) >= 11 is 0. The van der Waals surface area contributed by atoms with Gasteiger partial charge in [0.15, 0.2) is 0 Å². The molecule has 0 aliphatic carbocycles. The molecule has 0 atom stereocenters. The van der Waals surface area contributed by atoms with Gasteiger partial charge < -0.3 is 14.4 Å². The lowest BCUT2D eigenvalue weighted by molar-refractivity contribution is -0.131. The molecular formula is C23H21NO3. The maximum absolute atomic E-state index is 13.5. The maximum Gasteiger partial charge on any atom is 0.234 e. The summed E-state index contributed by atoms with van der Waals surface area (Å²) in [4.78, 5) is 15.2. The Kier molecular flexibility index (Phi) is 4.55. The largest absolute Gasteiger partial charge is 0.496 e. The predicted octanol–water partition coefficient (Wildman–Crippen LogP) is 4.59. The fraction of sp³-hybridized carbons (Fsp3) is 0.174. The molecule has 0 saturated heterocycles. The van der Waals surface area contributed by atoms with Crippen LogP contribution in [0.15, 0.2) is 72.8 Å². The molecule has 0 saturated carbocycles. The molecule has 27 heavy (non-hydrogen) atoms. The average molecular weight is 359 g/mol. The summed E-state index contributed by atoms with van der Waals surface area (Å²) in [5.74, 6) is 1.90. The fourth-order valence-electron chi connectivity index (χ4n) is 3.56. The van der Waals surface area contributed by atoms with Crippen molar-refractivity contribution < 1.29 is 14.3 Å². The number of amides is 1. The zero-order chi connectivity index (χ0) is 18.8. The minimum absolute atomic E-state index is 0.0316. The van der Waals surface area contributed by atoms with E-state index in [4.69, 9.17) is 9.47 Å². The van der Waals surface area contributed by atoms with Crippen molar-refractivity contribution in [1.82, 2.24) is 4.90 Å². The Morgan fingerprint density at radius 3 is 2.11 bits per heavy atom. The van der Waals surface area contributed by atoms with E-state index in [0.29, 0.717) is 6.54 Å². The molecule has 4 rings (SSSR count). The Bertz CT molecular complexity index is 937. The molecule has 1 amide bonds. The van der Waals surface area contributed by atoms with Crippen LogP contribution >= 0.6 is 0 Å². The number of para-hydroxylation sites is 3. The highest BCUT2D eigenvalue weighted by Gasteiger charge is 2.34. The highest BCUT2D eigenvalue weighted by molar-refractivity contribution is 5.89. The van der Waals surface area contributed by atoms with Gasteiger partial charge in [0.2, 0.25) is 5.91 Å². The van der Waals surface area contributed by atoms with Crippen LogP contribution < -0.4 is 9.47 Å². The maximum atomic E-state index is 13.5. The molecule has 0 fully saturated rings. The fourth-order valence-corrected chi connectivity index (χ4v) is 3.56. The summed E-state index contributed by atoms with van der Waals surface area (Å²) in [7, 11) is 3.47. The van der Waals surface area contributed by atoms with Gasteiger partial charge in [-0.15, -0.1) is 0 Å². The molecule has 1 aliphatic rings. The van der Waals surface area contributed by atoms with Crippen molar-refractivity contribution in [2.75, 3.05) is 14.2 Å². The van der Waals surface area contributed by atoms with Gasteiger partial charge in [-0.25, -0.2) is 0 Å². The summed E-state index contributed by atoms with van der Waals surface area (Å²) < 4.78 is 11.4. The molecule has 0 spiro atoms. The third-order valence-electron chi connectivity index (χ3n) is 4.90. The van der Waals surface area contributed by atoms with Gasteiger partial charge in [0, 0.05) is 30.3 Å². The standard InChI is InChI=1S/C23H21NO3/c1-24(15-16-9-3-6-12-19(16)26-2)23(25)22-17-10-4-7-13-20(17)27-21-14-8-5-11-18(21)22/h3-14,22H,15H2,1-2H3. The van der Waals surface area contributed by atoms with E-state index < -0.39 is 0 Å². The van der Waals surface area contributed by atoms with Gasteiger partial charge in [-0.1, -0.05) is 54.6 Å². The Hall–Kier alpha value is -3.27. The molecule has 0 bridgehead atoms. The van der Waals surface area contributed by atoms with E-state index >= 15 is 0 Å². The van der Waals surface area contributed by atoms with Crippen LogP contribution in [-0.4, -0.2) is 25.0 Å². The Morgan fingerprint density at radius 2 is 1.48 bits per heavy atom. The molecule has 0 unspecified atom stereocenters. The molecule has 1 heterocycles. The minimum atomic E-state index is -0.383. The number of carbonyl (C=O) groups is 1. The number of carbonyl (C=O) groups excluding carboxylic acids is 1. The topological polar surface area (TPSA) is 38.8 Å². The van der Waals surface area contributed by atoms with E-state index in [-0.39, 0.29) is 11.8 Å². The lowest BCUT2D eigenvalue weighted by Gasteiger charge is -2.30. The number of fused-ring (bicyclic) bond motifs is 2. The second-order valence-electron chi connectivity index (χ2n) is 6.62. The molecule has 0 aromatic heterocycles. The van der Waals surface area contributed by atoms with Gasteiger partial charge in [0.25, 0.3) is 0 Å². The summed E-state index contributed by atoms with van der Waals surface area (Å²) in [6, 6.07) is 23.2. The van der Waals surface area contributed by atoms with Crippen molar-refractivity contribution in [3.05, 3.63) is 89.5 Å². The Labute approximate surface area is 159 Å². The van der Waals surface area contributed by atoms with Crippen molar-refractivity contribution in [3.8, 4) is 17.2 Å². The number of methoxy groups -OCH3 is 1. The van der Waals surface area contributed by atoms with E-state index in [1.807, 2.05) is 79.8 Å². The lowest BCUT2D eigenvalue weighted by atomic mass is 9.87. The van der Waals surface area contributed by atoms with Crippen LogP contribution in [0.5, 0.6) is 17.2 Å². The van der Waals surface area contributed by atoms with Crippen molar-refractivity contribution in [3.63, 3.8) is 0 Å². The number of hydrogen-bond donors (Lipinski definition) is 0. The molecular weight excluding hydrogens is 338 g/mol. The van der Waals surface area contributed by atoms with Crippen LogP contribution in [-0.2, 0) is 11.3 Å². The van der Waals surface area contributed by atoms with E-state index in [1.54, 1.807) is 12.0 Å². The number of benzene rings is 3. The lowest BCUT2D eigenvalue weighted by Crippen LogP contribution is -2.33. The van der Waals surface area contributed by atoms with Crippen molar-refractivity contribution >= 4 is 5.91 Å². The molecule has 1 aliphatic heterocycles. The van der Waals surface area contributed by atoms with Gasteiger partial charge in [-0.05, 0) is 18.2 Å². The van der Waals surface area contributed by atoms with Crippen LogP contribution in [0.25, 0.3) is 0 Å². The van der Waals surface area contributed by atoms with Crippen molar-refractivity contribution in [1.29, 1.82) is 0 Å². The average Bonchev–Trinajstić information content (AvgIpc) is 2.71. The molecule has 0 N–H and O–H groups in total. The molecule has 136 valence electrons. The van der Waals surface area contributed by atoms with E-state index in [1.165, 1.54) is 0 Å². The molecule has 4 heteroatoms. The number of hydrogen-bond acceptors (Lipinski definition) is 3. The van der Waals surface area contributed by atoms with Crippen molar-refractivity contribution in [2.24, 2.45) is 0 Å². The van der Waals surface area contributed by atoms with E-state index in [9.17, 15) is 4.79 Å². The number of likely N-dealkylation sites (N-methyl/N-ethyl adjacent to an activating group) is 1. The second-order valence-corrected chi connectivity index (χ2v) is 6.62. The van der Waals surface area contributed by atoms with Crippen LogP contribution in [0.4, 0.5) is 0 Å². The zero-order valence-corrected chi connectivity index (χ0v) is 15.4. The monoisotopic (exact) mass is 359 g/mol. The van der Waals surface area contributed by atoms with E-state index in [2.05, 4.69) is 0 Å². The number of ether oxygens (including phenoxy) is 2. The smallest absolute Gasteiger partial charge is 0.234 e. The first-order valence-corrected chi connectivity index (χ1v) is 8.91. The number of nitrogens with zero attached hydrogens (tertiary/aromatic N) is 1. The van der Waals surface area contributed by atoms with Crippen LogP contribution in [0.2, 0.25) is 0 Å². The molecule has 4 nitrogen and oxygen atoms in total. The summed E-state index contributed by atoms with van der Waals surface area (Å²) in [6.07, 6.45) is 0. The summed E-state index contributed by atoms with van der Waals surface area (Å²) in [6.45, 7) is 0.477. The van der Waals surface area contributed by atoms with Crippen LogP contribution in [0, 0.1) is 0 Å². The van der Waals surface area contributed by atoms with Crippen LogP contribution in [0.3, 0.4) is 0 Å². The van der Waals surface area contributed by atoms with E-state index in [0.717, 1.165) is 33.9 Å². The molecule has 0 radical (unpaired) electrons. The number of rotatable bonds is 4. The van der Waals surface area contributed by atoms with Gasteiger partial charge in [-0.3, -0.25) is 4.79 Å². The Morgan fingerprint density at radius 1 is 0.926 bits per heavy atom. The first-order chi connectivity index (χ1) is 13.2. The normalized spacial score (nSPS) is 12.5. The minimum Gasteiger partial charge on any atom is -0.496 e. The predicted molar refractivity (Wildman–Crippen MR) is 104 cm³/mol. The first kappa shape index (κ1) is 17.2. The van der Waals surface area contributed by atoms with Gasteiger partial charge >= 0.3 is 0 Å².